The number of aromatic nitrogens is 2. The zero-order valence-electron chi connectivity index (χ0n) is 10.7. The molecule has 1 aromatic heterocycles. The van der Waals surface area contributed by atoms with Crippen LogP contribution in [-0.4, -0.2) is 17.1 Å². The predicted molar refractivity (Wildman–Crippen MR) is 75.1 cm³/mol. The molecule has 0 aliphatic rings. The lowest BCUT2D eigenvalue weighted by molar-refractivity contribution is 0.396. The second-order valence-electron chi connectivity index (χ2n) is 4.23. The third-order valence-corrected chi connectivity index (χ3v) is 3.71. The molecule has 0 N–H and O–H groups in total. The summed E-state index contributed by atoms with van der Waals surface area (Å²) in [6.07, 6.45) is 2.10. The van der Waals surface area contributed by atoms with Crippen molar-refractivity contribution in [3.05, 3.63) is 53.2 Å². The van der Waals surface area contributed by atoms with Gasteiger partial charge in [0.15, 0.2) is 0 Å². The van der Waals surface area contributed by atoms with Crippen molar-refractivity contribution in [1.82, 2.24) is 9.97 Å². The molecule has 0 bridgehead atoms. The van der Waals surface area contributed by atoms with Gasteiger partial charge in [-0.05, 0) is 24.1 Å². The van der Waals surface area contributed by atoms with E-state index in [1.807, 2.05) is 6.07 Å². The van der Waals surface area contributed by atoms with Crippen LogP contribution in [0, 0.1) is 12.7 Å². The first-order valence-electron chi connectivity index (χ1n) is 5.85. The molecule has 1 unspecified atom stereocenters. The van der Waals surface area contributed by atoms with Gasteiger partial charge in [0.1, 0.15) is 12.1 Å². The normalized spacial score (nSPS) is 12.2. The molecule has 3 nitrogen and oxygen atoms in total. The molecule has 0 spiro atoms. The summed E-state index contributed by atoms with van der Waals surface area (Å²) < 4.78 is 18.6. The van der Waals surface area contributed by atoms with E-state index in [1.165, 1.54) is 6.33 Å². The molecule has 0 saturated carbocycles. The van der Waals surface area contributed by atoms with E-state index in [0.717, 1.165) is 11.3 Å². The quantitative estimate of drug-likeness (QED) is 0.806. The molecule has 5 heteroatoms. The highest BCUT2D eigenvalue weighted by Gasteiger charge is 2.12. The molecule has 100 valence electrons. The zero-order valence-corrected chi connectivity index (χ0v) is 12.3. The monoisotopic (exact) mass is 324 g/mol. The van der Waals surface area contributed by atoms with Gasteiger partial charge in [0.2, 0.25) is 5.88 Å². The van der Waals surface area contributed by atoms with Gasteiger partial charge in [0, 0.05) is 23.0 Å². The van der Waals surface area contributed by atoms with E-state index in [4.69, 9.17) is 4.74 Å². The molecule has 1 aromatic carbocycles. The molecule has 19 heavy (non-hydrogen) atoms. The predicted octanol–water partition coefficient (Wildman–Crippen LogP) is 3.61. The van der Waals surface area contributed by atoms with Crippen molar-refractivity contribution in [2.75, 3.05) is 7.11 Å². The zero-order chi connectivity index (χ0) is 13.8. The standard InChI is InChI=1S/C14H14BrFN2O/c1-9-3-4-10(5-13(9)16)12(15)6-11-7-14(19-2)18-8-17-11/h3-5,7-8,12H,6H2,1-2H3. The molecule has 0 aliphatic carbocycles. The smallest absolute Gasteiger partial charge is 0.216 e. The minimum absolute atomic E-state index is 0.00204. The van der Waals surface area contributed by atoms with Gasteiger partial charge in [-0.1, -0.05) is 28.1 Å². The maximum Gasteiger partial charge on any atom is 0.216 e. The molecule has 1 atom stereocenters. The third kappa shape index (κ3) is 3.50. The number of methoxy groups -OCH3 is 1. The average molecular weight is 325 g/mol. The van der Waals surface area contributed by atoms with Gasteiger partial charge in [0.05, 0.1) is 7.11 Å². The van der Waals surface area contributed by atoms with Crippen molar-refractivity contribution in [3.63, 3.8) is 0 Å². The molecule has 0 radical (unpaired) electrons. The summed E-state index contributed by atoms with van der Waals surface area (Å²) in [7, 11) is 1.56. The molecule has 0 fully saturated rings. The Labute approximate surface area is 120 Å². The van der Waals surface area contributed by atoms with E-state index < -0.39 is 0 Å². The van der Waals surface area contributed by atoms with Crippen molar-refractivity contribution in [3.8, 4) is 5.88 Å². The average Bonchev–Trinajstić information content (AvgIpc) is 2.42. The SMILES string of the molecule is COc1cc(CC(Br)c2ccc(C)c(F)c2)ncn1. The van der Waals surface area contributed by atoms with Crippen LogP contribution in [0.3, 0.4) is 0 Å². The summed E-state index contributed by atoms with van der Waals surface area (Å²) in [5.74, 6) is 0.335. The van der Waals surface area contributed by atoms with Crippen LogP contribution in [0.25, 0.3) is 0 Å². The lowest BCUT2D eigenvalue weighted by Crippen LogP contribution is -2.00. The summed E-state index contributed by atoms with van der Waals surface area (Å²) >= 11 is 3.56. The number of ether oxygens (including phenoxy) is 1. The van der Waals surface area contributed by atoms with Crippen LogP contribution in [-0.2, 0) is 6.42 Å². The van der Waals surface area contributed by atoms with Crippen LogP contribution in [0.1, 0.15) is 21.6 Å². The van der Waals surface area contributed by atoms with E-state index in [-0.39, 0.29) is 10.6 Å². The van der Waals surface area contributed by atoms with Crippen molar-refractivity contribution >= 4 is 15.9 Å². The summed E-state index contributed by atoms with van der Waals surface area (Å²) in [5.41, 5.74) is 2.38. The minimum atomic E-state index is -0.192. The minimum Gasteiger partial charge on any atom is -0.481 e. The summed E-state index contributed by atoms with van der Waals surface area (Å²) in [6.45, 7) is 1.75. The van der Waals surface area contributed by atoms with Crippen molar-refractivity contribution < 1.29 is 9.13 Å². The van der Waals surface area contributed by atoms with Crippen LogP contribution in [0.4, 0.5) is 4.39 Å². The first-order chi connectivity index (χ1) is 9.10. The lowest BCUT2D eigenvalue weighted by atomic mass is 10.1. The maximum absolute atomic E-state index is 13.5. The van der Waals surface area contributed by atoms with E-state index in [1.54, 1.807) is 32.2 Å². The molecular formula is C14H14BrFN2O. The third-order valence-electron chi connectivity index (χ3n) is 2.85. The number of benzene rings is 1. The van der Waals surface area contributed by atoms with Crippen LogP contribution < -0.4 is 4.74 Å². The van der Waals surface area contributed by atoms with E-state index >= 15 is 0 Å². The first kappa shape index (κ1) is 13.9. The number of aryl methyl sites for hydroxylation is 1. The largest absolute Gasteiger partial charge is 0.481 e. The maximum atomic E-state index is 13.5. The van der Waals surface area contributed by atoms with Gasteiger partial charge in [-0.25, -0.2) is 14.4 Å². The number of halogens is 2. The number of hydrogen-bond donors (Lipinski definition) is 0. The van der Waals surface area contributed by atoms with Gasteiger partial charge in [-0.2, -0.15) is 0 Å². The molecular weight excluding hydrogens is 311 g/mol. The van der Waals surface area contributed by atoms with Gasteiger partial charge < -0.3 is 4.74 Å². The number of nitrogens with zero attached hydrogens (tertiary/aromatic N) is 2. The summed E-state index contributed by atoms with van der Waals surface area (Å²) in [4.78, 5) is 8.13. The molecule has 0 saturated heterocycles. The fourth-order valence-corrected chi connectivity index (χ4v) is 2.32. The number of alkyl halides is 1. The highest BCUT2D eigenvalue weighted by Crippen LogP contribution is 2.28. The van der Waals surface area contributed by atoms with Crippen molar-refractivity contribution in [2.24, 2.45) is 0 Å². The summed E-state index contributed by atoms with van der Waals surface area (Å²) in [5, 5.41) is 0. The summed E-state index contributed by atoms with van der Waals surface area (Å²) in [6, 6.07) is 7.02. The topological polar surface area (TPSA) is 35.0 Å². The second kappa shape index (κ2) is 6.10. The molecule has 0 aliphatic heterocycles. The van der Waals surface area contributed by atoms with Crippen molar-refractivity contribution in [2.45, 2.75) is 18.2 Å². The van der Waals surface area contributed by atoms with Crippen LogP contribution in [0.15, 0.2) is 30.6 Å². The molecule has 1 heterocycles. The Morgan fingerprint density at radius 3 is 2.79 bits per heavy atom. The lowest BCUT2D eigenvalue weighted by Gasteiger charge is -2.11. The van der Waals surface area contributed by atoms with E-state index in [0.29, 0.717) is 17.9 Å². The molecule has 2 aromatic rings. The Hall–Kier alpha value is -1.49. The highest BCUT2D eigenvalue weighted by molar-refractivity contribution is 9.09. The highest BCUT2D eigenvalue weighted by atomic mass is 79.9. The Balaban J connectivity index is 2.15. The Morgan fingerprint density at radius 1 is 1.32 bits per heavy atom. The fourth-order valence-electron chi connectivity index (χ4n) is 1.71. The number of hydrogen-bond acceptors (Lipinski definition) is 3. The van der Waals surface area contributed by atoms with Crippen LogP contribution >= 0.6 is 15.9 Å². The van der Waals surface area contributed by atoms with Crippen LogP contribution in [0.2, 0.25) is 0 Å². The Kier molecular flexibility index (Phi) is 4.47. The van der Waals surface area contributed by atoms with Crippen molar-refractivity contribution in [1.29, 1.82) is 0 Å². The Morgan fingerprint density at radius 2 is 2.11 bits per heavy atom. The molecule has 0 amide bonds. The van der Waals surface area contributed by atoms with Gasteiger partial charge >= 0.3 is 0 Å². The van der Waals surface area contributed by atoms with Gasteiger partial charge in [0.25, 0.3) is 0 Å². The fraction of sp³-hybridized carbons (Fsp3) is 0.286. The van der Waals surface area contributed by atoms with Gasteiger partial charge in [-0.15, -0.1) is 0 Å². The molecule has 2 rings (SSSR count). The second-order valence-corrected chi connectivity index (χ2v) is 5.34. The van der Waals surface area contributed by atoms with Crippen LogP contribution in [0.5, 0.6) is 5.88 Å². The van der Waals surface area contributed by atoms with E-state index in [9.17, 15) is 4.39 Å². The number of rotatable bonds is 4. The Bertz CT molecular complexity index is 577. The first-order valence-corrected chi connectivity index (χ1v) is 6.76. The van der Waals surface area contributed by atoms with Gasteiger partial charge in [-0.3, -0.25) is 0 Å². The van der Waals surface area contributed by atoms with E-state index in [2.05, 4.69) is 25.9 Å².